The van der Waals surface area contributed by atoms with Crippen LogP contribution in [0, 0.1) is 0 Å². The number of rotatable bonds is 3. The van der Waals surface area contributed by atoms with Crippen LogP contribution in [0.2, 0.25) is 0 Å². The van der Waals surface area contributed by atoms with Gasteiger partial charge in [-0.3, -0.25) is 0 Å². The van der Waals surface area contributed by atoms with E-state index < -0.39 is 0 Å². The fourth-order valence-corrected chi connectivity index (χ4v) is 2.40. The monoisotopic (exact) mass is 182 g/mol. The fraction of sp³-hybridized carbons (Fsp3) is 1.00. The van der Waals surface area contributed by atoms with Crippen molar-refractivity contribution in [2.45, 2.75) is 57.0 Å². The van der Waals surface area contributed by atoms with Crippen molar-refractivity contribution in [2.24, 2.45) is 0 Å². The molecule has 0 amide bonds. The molecule has 76 valence electrons. The van der Waals surface area contributed by atoms with Gasteiger partial charge in [-0.15, -0.1) is 0 Å². The molecule has 1 saturated heterocycles. The highest BCUT2D eigenvalue weighted by molar-refractivity contribution is 4.89. The Hall–Kier alpha value is -0.0800. The first-order chi connectivity index (χ1) is 6.29. The molecule has 1 unspecified atom stereocenters. The van der Waals surface area contributed by atoms with Gasteiger partial charge in [-0.2, -0.15) is 0 Å². The Balaban J connectivity index is 1.71. The lowest BCUT2D eigenvalue weighted by Crippen LogP contribution is -2.54. The Morgan fingerprint density at radius 2 is 2.00 bits per heavy atom. The summed E-state index contributed by atoms with van der Waals surface area (Å²) in [5.74, 6) is 0. The van der Waals surface area contributed by atoms with Crippen molar-refractivity contribution in [1.29, 1.82) is 0 Å². The first kappa shape index (κ1) is 9.47. The fourth-order valence-electron chi connectivity index (χ4n) is 2.40. The Morgan fingerprint density at radius 1 is 1.31 bits per heavy atom. The molecule has 1 saturated carbocycles. The molecule has 0 aromatic rings. The Labute approximate surface area is 81.5 Å². The lowest BCUT2D eigenvalue weighted by atomic mass is 9.83. The number of nitrogens with one attached hydrogen (secondary N) is 2. The van der Waals surface area contributed by atoms with Crippen LogP contribution < -0.4 is 10.6 Å². The van der Waals surface area contributed by atoms with Crippen molar-refractivity contribution in [3.05, 3.63) is 0 Å². The van der Waals surface area contributed by atoms with Gasteiger partial charge in [0.1, 0.15) is 0 Å². The molecule has 2 aliphatic rings. The minimum absolute atomic E-state index is 0.454. The molecular weight excluding hydrogens is 160 g/mol. The molecule has 2 rings (SSSR count). The van der Waals surface area contributed by atoms with E-state index in [1.54, 1.807) is 0 Å². The highest BCUT2D eigenvalue weighted by Crippen LogP contribution is 2.27. The highest BCUT2D eigenvalue weighted by atomic mass is 15.1. The molecule has 2 fully saturated rings. The van der Waals surface area contributed by atoms with Gasteiger partial charge in [-0.05, 0) is 32.7 Å². The predicted octanol–water partition coefficient (Wildman–Crippen LogP) is 1.66. The van der Waals surface area contributed by atoms with Gasteiger partial charge in [0.15, 0.2) is 0 Å². The summed E-state index contributed by atoms with van der Waals surface area (Å²) in [7, 11) is 0. The standard InChI is InChI=1S/C11H22N2/c1-11(6-3-2-4-7-11)13-9-10-5-8-12-10/h10,12-13H,2-9H2,1H3. The second-order valence-corrected chi connectivity index (χ2v) is 4.94. The second kappa shape index (κ2) is 3.97. The van der Waals surface area contributed by atoms with Crippen LogP contribution in [-0.4, -0.2) is 24.7 Å². The van der Waals surface area contributed by atoms with Gasteiger partial charge in [-0.25, -0.2) is 0 Å². The molecular formula is C11H22N2. The number of hydrogen-bond acceptors (Lipinski definition) is 2. The lowest BCUT2D eigenvalue weighted by molar-refractivity contribution is 0.229. The average molecular weight is 182 g/mol. The van der Waals surface area contributed by atoms with Crippen LogP contribution in [0.25, 0.3) is 0 Å². The second-order valence-electron chi connectivity index (χ2n) is 4.94. The summed E-state index contributed by atoms with van der Waals surface area (Å²) in [4.78, 5) is 0. The van der Waals surface area contributed by atoms with E-state index in [1.807, 2.05) is 0 Å². The van der Waals surface area contributed by atoms with Crippen molar-refractivity contribution in [3.63, 3.8) is 0 Å². The molecule has 2 heteroatoms. The zero-order chi connectivity index (χ0) is 9.15. The van der Waals surface area contributed by atoms with E-state index in [1.165, 1.54) is 51.6 Å². The Kier molecular flexibility index (Phi) is 2.89. The van der Waals surface area contributed by atoms with E-state index in [9.17, 15) is 0 Å². The molecule has 0 aromatic carbocycles. The molecule has 13 heavy (non-hydrogen) atoms. The summed E-state index contributed by atoms with van der Waals surface area (Å²) in [5, 5.41) is 7.18. The first-order valence-corrected chi connectivity index (χ1v) is 5.77. The summed E-state index contributed by atoms with van der Waals surface area (Å²) < 4.78 is 0. The first-order valence-electron chi connectivity index (χ1n) is 5.77. The summed E-state index contributed by atoms with van der Waals surface area (Å²) in [6, 6.07) is 0.763. The van der Waals surface area contributed by atoms with E-state index in [4.69, 9.17) is 0 Å². The van der Waals surface area contributed by atoms with Crippen LogP contribution in [0.4, 0.5) is 0 Å². The summed E-state index contributed by atoms with van der Waals surface area (Å²) in [6.07, 6.45) is 8.39. The van der Waals surface area contributed by atoms with Crippen molar-refractivity contribution >= 4 is 0 Å². The lowest BCUT2D eigenvalue weighted by Gasteiger charge is -2.38. The molecule has 0 radical (unpaired) electrons. The highest BCUT2D eigenvalue weighted by Gasteiger charge is 2.27. The topological polar surface area (TPSA) is 24.1 Å². The minimum atomic E-state index is 0.454. The van der Waals surface area contributed by atoms with Crippen LogP contribution >= 0.6 is 0 Å². The maximum atomic E-state index is 3.74. The van der Waals surface area contributed by atoms with Crippen LogP contribution in [0.3, 0.4) is 0 Å². The van der Waals surface area contributed by atoms with Crippen LogP contribution in [0.5, 0.6) is 0 Å². The SMILES string of the molecule is CC1(NCC2CCN2)CCCCC1. The zero-order valence-corrected chi connectivity index (χ0v) is 8.73. The van der Waals surface area contributed by atoms with Crippen molar-refractivity contribution < 1.29 is 0 Å². The van der Waals surface area contributed by atoms with Crippen LogP contribution in [0.15, 0.2) is 0 Å². The third-order valence-electron chi connectivity index (χ3n) is 3.66. The summed E-state index contributed by atoms with van der Waals surface area (Å²) >= 11 is 0. The van der Waals surface area contributed by atoms with E-state index >= 15 is 0 Å². The van der Waals surface area contributed by atoms with Gasteiger partial charge in [-0.1, -0.05) is 19.3 Å². The normalized spacial score (nSPS) is 32.5. The third kappa shape index (κ3) is 2.44. The quantitative estimate of drug-likeness (QED) is 0.693. The molecule has 1 heterocycles. The minimum Gasteiger partial charge on any atom is -0.313 e. The Morgan fingerprint density at radius 3 is 2.54 bits per heavy atom. The van der Waals surface area contributed by atoms with E-state index in [-0.39, 0.29) is 0 Å². The van der Waals surface area contributed by atoms with Crippen molar-refractivity contribution in [2.75, 3.05) is 13.1 Å². The molecule has 1 aliphatic carbocycles. The molecule has 1 aliphatic heterocycles. The van der Waals surface area contributed by atoms with Crippen molar-refractivity contribution in [3.8, 4) is 0 Å². The van der Waals surface area contributed by atoms with E-state index in [0.717, 1.165) is 6.04 Å². The largest absolute Gasteiger partial charge is 0.313 e. The molecule has 2 N–H and O–H groups in total. The van der Waals surface area contributed by atoms with Gasteiger partial charge < -0.3 is 10.6 Å². The van der Waals surface area contributed by atoms with Crippen LogP contribution in [-0.2, 0) is 0 Å². The Bertz CT molecular complexity index is 157. The van der Waals surface area contributed by atoms with Gasteiger partial charge in [0.2, 0.25) is 0 Å². The molecule has 0 spiro atoms. The zero-order valence-electron chi connectivity index (χ0n) is 8.73. The smallest absolute Gasteiger partial charge is 0.0204 e. The molecule has 0 aromatic heterocycles. The van der Waals surface area contributed by atoms with E-state index in [2.05, 4.69) is 17.6 Å². The third-order valence-corrected chi connectivity index (χ3v) is 3.66. The van der Waals surface area contributed by atoms with Gasteiger partial charge in [0.05, 0.1) is 0 Å². The maximum absolute atomic E-state index is 3.74. The van der Waals surface area contributed by atoms with Crippen molar-refractivity contribution in [1.82, 2.24) is 10.6 Å². The summed E-state index contributed by atoms with van der Waals surface area (Å²) in [6.45, 7) is 4.80. The van der Waals surface area contributed by atoms with Gasteiger partial charge in [0.25, 0.3) is 0 Å². The van der Waals surface area contributed by atoms with Gasteiger partial charge >= 0.3 is 0 Å². The number of hydrogen-bond donors (Lipinski definition) is 2. The molecule has 0 bridgehead atoms. The summed E-state index contributed by atoms with van der Waals surface area (Å²) in [5.41, 5.74) is 0.454. The van der Waals surface area contributed by atoms with Crippen LogP contribution in [0.1, 0.15) is 45.4 Å². The molecule has 1 atom stereocenters. The van der Waals surface area contributed by atoms with E-state index in [0.29, 0.717) is 5.54 Å². The molecule has 2 nitrogen and oxygen atoms in total. The predicted molar refractivity (Wildman–Crippen MR) is 55.9 cm³/mol. The maximum Gasteiger partial charge on any atom is 0.0204 e. The average Bonchev–Trinajstić information content (AvgIpc) is 2.02. The van der Waals surface area contributed by atoms with Gasteiger partial charge in [0, 0.05) is 18.1 Å².